The lowest BCUT2D eigenvalue weighted by atomic mass is 10.7. The minimum Gasteiger partial charge on any atom is -0.321 e. The van der Waals surface area contributed by atoms with E-state index in [0.29, 0.717) is 0 Å². The number of ether oxygens (including phenoxy) is 1. The zero-order valence-electron chi connectivity index (χ0n) is 4.00. The Bertz CT molecular complexity index is 74.9. The summed E-state index contributed by atoms with van der Waals surface area (Å²) in [5, 5.41) is -2.43. The van der Waals surface area contributed by atoms with E-state index in [1.165, 1.54) is 0 Å². The summed E-state index contributed by atoms with van der Waals surface area (Å²) in [6.07, 6.45) is -3.71. The second kappa shape index (κ2) is 2.68. The van der Waals surface area contributed by atoms with Gasteiger partial charge in [-0.25, -0.2) is 4.39 Å². The molecule has 0 bridgehead atoms. The van der Waals surface area contributed by atoms with Gasteiger partial charge in [-0.05, 0) is 15.9 Å². The van der Waals surface area contributed by atoms with Crippen molar-refractivity contribution in [2.45, 2.75) is 11.2 Å². The third kappa shape index (κ3) is 2.00. The van der Waals surface area contributed by atoms with Gasteiger partial charge in [0, 0.05) is 7.11 Å². The van der Waals surface area contributed by atoms with E-state index in [9.17, 15) is 13.2 Å². The van der Waals surface area contributed by atoms with Gasteiger partial charge in [0.2, 0.25) is 5.08 Å². The number of alkyl halides is 4. The van der Waals surface area contributed by atoms with Crippen molar-refractivity contribution >= 4 is 15.9 Å². The second-order valence-electron chi connectivity index (χ2n) is 1.07. The molecule has 0 saturated carbocycles. The van der Waals surface area contributed by atoms with Gasteiger partial charge >= 0.3 is 6.11 Å². The average molecular weight is 193 g/mol. The normalized spacial score (nSPS) is 16.1. The highest BCUT2D eigenvalue weighted by Gasteiger charge is 2.38. The van der Waals surface area contributed by atoms with E-state index < -0.39 is 11.2 Å². The fourth-order valence-corrected chi connectivity index (χ4v) is 0.276. The van der Waals surface area contributed by atoms with Crippen LogP contribution in [0, 0.1) is 0 Å². The summed E-state index contributed by atoms with van der Waals surface area (Å²) in [7, 11) is 0.730. The molecular weight excluding hydrogens is 189 g/mol. The maximum atomic E-state index is 11.6. The molecule has 1 nitrogen and oxygen atoms in total. The Labute approximate surface area is 52.9 Å². The Kier molecular flexibility index (Phi) is 2.76. The molecule has 0 aromatic heterocycles. The van der Waals surface area contributed by atoms with Crippen LogP contribution in [0.2, 0.25) is 0 Å². The van der Waals surface area contributed by atoms with Crippen molar-refractivity contribution in [1.82, 2.24) is 0 Å². The number of hydrogen-bond donors (Lipinski definition) is 0. The molecule has 0 N–H and O–H groups in total. The van der Waals surface area contributed by atoms with Gasteiger partial charge in [0.25, 0.3) is 0 Å². The van der Waals surface area contributed by atoms with Crippen LogP contribution in [-0.4, -0.2) is 18.3 Å². The molecule has 1 atom stereocenters. The van der Waals surface area contributed by atoms with Crippen LogP contribution in [0.3, 0.4) is 0 Å². The zero-order chi connectivity index (χ0) is 6.78. The van der Waals surface area contributed by atoms with Crippen LogP contribution in [0.1, 0.15) is 0 Å². The molecule has 50 valence electrons. The predicted octanol–water partition coefficient (Wildman–Crippen LogP) is 1.92. The Morgan fingerprint density at radius 1 is 1.62 bits per heavy atom. The van der Waals surface area contributed by atoms with Crippen LogP contribution >= 0.6 is 15.9 Å². The van der Waals surface area contributed by atoms with Gasteiger partial charge in [-0.3, -0.25) is 0 Å². The van der Waals surface area contributed by atoms with Crippen LogP contribution in [0.4, 0.5) is 13.2 Å². The van der Waals surface area contributed by atoms with Gasteiger partial charge < -0.3 is 4.74 Å². The van der Waals surface area contributed by atoms with E-state index in [0.717, 1.165) is 7.11 Å². The fraction of sp³-hybridized carbons (Fsp3) is 1.00. The van der Waals surface area contributed by atoms with E-state index in [4.69, 9.17) is 0 Å². The van der Waals surface area contributed by atoms with E-state index in [2.05, 4.69) is 4.74 Å². The quantitative estimate of drug-likeness (QED) is 0.608. The van der Waals surface area contributed by atoms with Crippen molar-refractivity contribution in [1.29, 1.82) is 0 Å². The minimum atomic E-state index is -3.71. The highest BCUT2D eigenvalue weighted by Crippen LogP contribution is 2.25. The van der Waals surface area contributed by atoms with Crippen molar-refractivity contribution < 1.29 is 17.9 Å². The first-order valence-electron chi connectivity index (χ1n) is 1.72. The molecule has 0 aromatic rings. The summed E-state index contributed by atoms with van der Waals surface area (Å²) in [6.45, 7) is 0. The minimum absolute atomic E-state index is 0.730. The summed E-state index contributed by atoms with van der Waals surface area (Å²) < 4.78 is 38.2. The highest BCUT2D eigenvalue weighted by atomic mass is 79.9. The molecule has 0 spiro atoms. The molecular formula is C3H4BrF3O. The predicted molar refractivity (Wildman–Crippen MR) is 25.8 cm³/mol. The first-order valence-corrected chi connectivity index (χ1v) is 2.63. The summed E-state index contributed by atoms with van der Waals surface area (Å²) >= 11 is 2.01. The molecule has 0 saturated heterocycles. The first kappa shape index (κ1) is 8.23. The number of methoxy groups -OCH3 is 1. The highest BCUT2D eigenvalue weighted by molar-refractivity contribution is 9.09. The van der Waals surface area contributed by atoms with Gasteiger partial charge in [0.05, 0.1) is 0 Å². The smallest absolute Gasteiger partial charge is 0.321 e. The van der Waals surface area contributed by atoms with E-state index in [1.807, 2.05) is 15.9 Å². The lowest BCUT2D eigenvalue weighted by Crippen LogP contribution is -2.26. The largest absolute Gasteiger partial charge is 0.396 e. The third-order valence-corrected chi connectivity index (χ3v) is 1.06. The third-order valence-electron chi connectivity index (χ3n) is 0.526. The first-order chi connectivity index (χ1) is 3.50. The van der Waals surface area contributed by atoms with E-state index in [1.54, 1.807) is 0 Å². The topological polar surface area (TPSA) is 9.23 Å². The molecule has 0 aliphatic rings. The SMILES string of the molecule is COC(F)(F)[C@H](F)Br. The van der Waals surface area contributed by atoms with Crippen molar-refractivity contribution in [2.75, 3.05) is 7.11 Å². The standard InChI is InChI=1S/C3H4BrF3O/c1-8-3(6,7)2(4)5/h2H,1H3/t2-/m0/s1. The average Bonchev–Trinajstić information content (AvgIpc) is 1.67. The lowest BCUT2D eigenvalue weighted by Gasteiger charge is -2.12. The number of halogens is 4. The summed E-state index contributed by atoms with van der Waals surface area (Å²) in [6, 6.07) is 0. The Morgan fingerprint density at radius 2 is 2.00 bits per heavy atom. The molecule has 8 heavy (non-hydrogen) atoms. The van der Waals surface area contributed by atoms with Gasteiger partial charge in [-0.15, -0.1) is 0 Å². The Morgan fingerprint density at radius 3 is 2.00 bits per heavy atom. The summed E-state index contributed by atoms with van der Waals surface area (Å²) in [4.78, 5) is 0. The lowest BCUT2D eigenvalue weighted by molar-refractivity contribution is -0.237. The van der Waals surface area contributed by atoms with Crippen LogP contribution in [0.25, 0.3) is 0 Å². The molecule has 0 unspecified atom stereocenters. The molecule has 0 rings (SSSR count). The van der Waals surface area contributed by atoms with Crippen molar-refractivity contribution in [2.24, 2.45) is 0 Å². The van der Waals surface area contributed by atoms with Gasteiger partial charge in [-0.2, -0.15) is 8.78 Å². The molecule has 5 heteroatoms. The Balaban J connectivity index is 3.71. The Hall–Kier alpha value is 0.230. The maximum Gasteiger partial charge on any atom is 0.396 e. The summed E-state index contributed by atoms with van der Waals surface area (Å²) in [5.74, 6) is 0. The van der Waals surface area contributed by atoms with Crippen molar-refractivity contribution in [3.63, 3.8) is 0 Å². The number of rotatable bonds is 2. The van der Waals surface area contributed by atoms with Crippen LogP contribution in [-0.2, 0) is 4.74 Å². The molecule has 0 heterocycles. The summed E-state index contributed by atoms with van der Waals surface area (Å²) in [5.41, 5.74) is 0. The van der Waals surface area contributed by atoms with Crippen LogP contribution in [0.15, 0.2) is 0 Å². The fourth-order valence-electron chi connectivity index (χ4n) is 0.0891. The second-order valence-corrected chi connectivity index (χ2v) is 1.87. The monoisotopic (exact) mass is 192 g/mol. The maximum absolute atomic E-state index is 11.6. The van der Waals surface area contributed by atoms with Crippen molar-refractivity contribution in [3.05, 3.63) is 0 Å². The molecule has 0 amide bonds. The van der Waals surface area contributed by atoms with Gasteiger partial charge in [-0.1, -0.05) is 0 Å². The molecule has 0 aliphatic carbocycles. The van der Waals surface area contributed by atoms with Gasteiger partial charge in [0.15, 0.2) is 0 Å². The van der Waals surface area contributed by atoms with Gasteiger partial charge in [0.1, 0.15) is 0 Å². The van der Waals surface area contributed by atoms with Crippen molar-refractivity contribution in [3.8, 4) is 0 Å². The van der Waals surface area contributed by atoms with E-state index >= 15 is 0 Å². The van der Waals surface area contributed by atoms with Crippen LogP contribution in [0.5, 0.6) is 0 Å². The number of hydrogen-bond acceptors (Lipinski definition) is 1. The van der Waals surface area contributed by atoms with Crippen LogP contribution < -0.4 is 0 Å². The molecule has 0 radical (unpaired) electrons. The molecule has 0 aliphatic heterocycles. The molecule has 0 aromatic carbocycles. The molecule has 0 fully saturated rings. The zero-order valence-corrected chi connectivity index (χ0v) is 5.58. The van der Waals surface area contributed by atoms with E-state index in [-0.39, 0.29) is 0 Å².